The molecule has 98 valence electrons. The van der Waals surface area contributed by atoms with Gasteiger partial charge in [0.05, 0.1) is 0 Å². The first-order valence-electron chi connectivity index (χ1n) is 7.14. The highest BCUT2D eigenvalue weighted by molar-refractivity contribution is 6.03. The largest absolute Gasteiger partial charge is 0.398 e. The Balaban J connectivity index is 2.06. The summed E-state index contributed by atoms with van der Waals surface area (Å²) in [6.07, 6.45) is 2.33. The minimum Gasteiger partial charge on any atom is -0.398 e. The molecule has 0 aliphatic heterocycles. The quantitative estimate of drug-likeness (QED) is 0.640. The number of anilines is 1. The lowest BCUT2D eigenvalue weighted by atomic mass is 9.94. The normalized spacial score (nSPS) is 13.1. The van der Waals surface area contributed by atoms with Crippen LogP contribution in [-0.2, 0) is 12.8 Å². The molecule has 1 nitrogen and oxygen atoms in total. The lowest BCUT2D eigenvalue weighted by molar-refractivity contribution is 1.02. The molecular formula is C19H17N. The summed E-state index contributed by atoms with van der Waals surface area (Å²) >= 11 is 0. The minimum absolute atomic E-state index is 0.865. The zero-order chi connectivity index (χ0) is 13.7. The van der Waals surface area contributed by atoms with E-state index in [0.29, 0.717) is 0 Å². The van der Waals surface area contributed by atoms with Crippen molar-refractivity contribution in [3.05, 3.63) is 65.2 Å². The van der Waals surface area contributed by atoms with Gasteiger partial charge in [0.1, 0.15) is 0 Å². The van der Waals surface area contributed by atoms with Gasteiger partial charge in [-0.25, -0.2) is 0 Å². The highest BCUT2D eigenvalue weighted by Crippen LogP contribution is 2.38. The second-order valence-corrected chi connectivity index (χ2v) is 5.70. The molecule has 0 saturated carbocycles. The third-order valence-corrected chi connectivity index (χ3v) is 4.37. The lowest BCUT2D eigenvalue weighted by Crippen LogP contribution is -1.92. The van der Waals surface area contributed by atoms with Gasteiger partial charge in [-0.15, -0.1) is 0 Å². The Hall–Kier alpha value is -2.28. The molecule has 0 aromatic heterocycles. The third kappa shape index (κ3) is 1.56. The maximum atomic E-state index is 6.24. The fraction of sp³-hybridized carbons (Fsp3) is 0.158. The van der Waals surface area contributed by atoms with Crippen molar-refractivity contribution in [2.75, 3.05) is 5.73 Å². The fourth-order valence-corrected chi connectivity index (χ4v) is 3.41. The topological polar surface area (TPSA) is 26.0 Å². The van der Waals surface area contributed by atoms with Gasteiger partial charge in [-0.1, -0.05) is 42.5 Å². The van der Waals surface area contributed by atoms with Crippen molar-refractivity contribution < 1.29 is 0 Å². The summed E-state index contributed by atoms with van der Waals surface area (Å²) in [5.74, 6) is 0. The summed E-state index contributed by atoms with van der Waals surface area (Å²) in [7, 11) is 0. The molecule has 1 aliphatic carbocycles. The first-order chi connectivity index (χ1) is 9.74. The summed E-state index contributed by atoms with van der Waals surface area (Å²) < 4.78 is 0. The summed E-state index contributed by atoms with van der Waals surface area (Å²) in [6, 6.07) is 17.5. The first kappa shape index (κ1) is 11.5. The molecule has 2 N–H and O–H groups in total. The standard InChI is InChI=1S/C19H17N/c1-12-5-9-16(18(20)11-12)15-10-8-14-7-6-13-3-2-4-17(15)19(13)14/h2-5,8-11H,6-7,20H2,1H3. The van der Waals surface area contributed by atoms with E-state index in [1.807, 2.05) is 0 Å². The van der Waals surface area contributed by atoms with Crippen molar-refractivity contribution in [3.63, 3.8) is 0 Å². The molecule has 0 radical (unpaired) electrons. The molecule has 0 spiro atoms. The second-order valence-electron chi connectivity index (χ2n) is 5.70. The SMILES string of the molecule is Cc1ccc(-c2ccc3c4c(cccc24)CC3)c(N)c1. The van der Waals surface area contributed by atoms with Gasteiger partial charge < -0.3 is 5.73 Å². The van der Waals surface area contributed by atoms with E-state index in [0.717, 1.165) is 11.3 Å². The third-order valence-electron chi connectivity index (χ3n) is 4.37. The smallest absolute Gasteiger partial charge is 0.0396 e. The maximum absolute atomic E-state index is 6.24. The van der Waals surface area contributed by atoms with E-state index in [9.17, 15) is 0 Å². The van der Waals surface area contributed by atoms with Gasteiger partial charge in [0.15, 0.2) is 0 Å². The van der Waals surface area contributed by atoms with E-state index >= 15 is 0 Å². The van der Waals surface area contributed by atoms with Crippen LogP contribution in [0.3, 0.4) is 0 Å². The Morgan fingerprint density at radius 2 is 1.60 bits per heavy atom. The summed E-state index contributed by atoms with van der Waals surface area (Å²) in [6.45, 7) is 2.08. The number of rotatable bonds is 1. The van der Waals surface area contributed by atoms with Gasteiger partial charge in [-0.3, -0.25) is 0 Å². The van der Waals surface area contributed by atoms with E-state index in [-0.39, 0.29) is 0 Å². The Morgan fingerprint density at radius 3 is 2.40 bits per heavy atom. The number of nitrogens with two attached hydrogens (primary N) is 1. The Labute approximate surface area is 119 Å². The molecule has 4 rings (SSSR count). The molecule has 3 aromatic carbocycles. The van der Waals surface area contributed by atoms with Gasteiger partial charge in [-0.05, 0) is 58.9 Å². The Morgan fingerprint density at radius 1 is 0.850 bits per heavy atom. The molecule has 1 heteroatoms. The van der Waals surface area contributed by atoms with E-state index in [4.69, 9.17) is 5.73 Å². The minimum atomic E-state index is 0.865. The highest BCUT2D eigenvalue weighted by Gasteiger charge is 2.17. The average molecular weight is 259 g/mol. The van der Waals surface area contributed by atoms with Gasteiger partial charge in [0, 0.05) is 11.3 Å². The molecule has 0 atom stereocenters. The van der Waals surface area contributed by atoms with Crippen molar-refractivity contribution in [2.45, 2.75) is 19.8 Å². The molecule has 0 fully saturated rings. The van der Waals surface area contributed by atoms with Gasteiger partial charge in [0.2, 0.25) is 0 Å². The van der Waals surface area contributed by atoms with Crippen molar-refractivity contribution in [3.8, 4) is 11.1 Å². The average Bonchev–Trinajstić information content (AvgIpc) is 2.86. The van der Waals surface area contributed by atoms with Crippen molar-refractivity contribution >= 4 is 16.5 Å². The predicted octanol–water partition coefficient (Wildman–Crippen LogP) is 4.50. The number of nitrogen functional groups attached to an aromatic ring is 1. The van der Waals surface area contributed by atoms with E-state index in [2.05, 4.69) is 55.5 Å². The van der Waals surface area contributed by atoms with Crippen molar-refractivity contribution in [2.24, 2.45) is 0 Å². The van der Waals surface area contributed by atoms with Gasteiger partial charge in [0.25, 0.3) is 0 Å². The molecule has 0 saturated heterocycles. The number of benzene rings is 3. The lowest BCUT2D eigenvalue weighted by Gasteiger charge is -2.12. The number of aryl methyl sites for hydroxylation is 3. The maximum Gasteiger partial charge on any atom is 0.0396 e. The van der Waals surface area contributed by atoms with Crippen LogP contribution in [0.4, 0.5) is 5.69 Å². The molecule has 3 aromatic rings. The van der Waals surface area contributed by atoms with Crippen LogP contribution < -0.4 is 5.73 Å². The molecule has 0 amide bonds. The summed E-state index contributed by atoms with van der Waals surface area (Å²) in [5, 5.41) is 2.79. The van der Waals surface area contributed by atoms with Crippen LogP contribution in [0.1, 0.15) is 16.7 Å². The molecule has 0 heterocycles. The Kier molecular flexibility index (Phi) is 2.37. The number of hydrogen-bond acceptors (Lipinski definition) is 1. The van der Waals surface area contributed by atoms with E-state index in [1.54, 1.807) is 0 Å². The van der Waals surface area contributed by atoms with Crippen molar-refractivity contribution in [1.82, 2.24) is 0 Å². The molecular weight excluding hydrogens is 242 g/mol. The zero-order valence-corrected chi connectivity index (χ0v) is 11.6. The molecule has 0 bridgehead atoms. The van der Waals surface area contributed by atoms with Crippen LogP contribution in [0.5, 0.6) is 0 Å². The van der Waals surface area contributed by atoms with Crippen LogP contribution in [0.25, 0.3) is 21.9 Å². The molecule has 20 heavy (non-hydrogen) atoms. The number of hydrogen-bond donors (Lipinski definition) is 1. The van der Waals surface area contributed by atoms with Crippen LogP contribution in [0, 0.1) is 6.92 Å². The van der Waals surface area contributed by atoms with E-state index in [1.165, 1.54) is 45.9 Å². The fourth-order valence-electron chi connectivity index (χ4n) is 3.41. The summed E-state index contributed by atoms with van der Waals surface area (Å²) in [4.78, 5) is 0. The van der Waals surface area contributed by atoms with Crippen LogP contribution in [0.15, 0.2) is 48.5 Å². The highest BCUT2D eigenvalue weighted by atomic mass is 14.6. The summed E-state index contributed by atoms with van der Waals surface area (Å²) in [5.41, 5.74) is 13.7. The zero-order valence-electron chi connectivity index (χ0n) is 11.6. The van der Waals surface area contributed by atoms with E-state index < -0.39 is 0 Å². The Bertz CT molecular complexity index is 820. The molecule has 1 aliphatic rings. The van der Waals surface area contributed by atoms with Gasteiger partial charge in [-0.2, -0.15) is 0 Å². The van der Waals surface area contributed by atoms with Crippen LogP contribution >= 0.6 is 0 Å². The first-order valence-corrected chi connectivity index (χ1v) is 7.14. The van der Waals surface area contributed by atoms with Gasteiger partial charge >= 0.3 is 0 Å². The predicted molar refractivity (Wildman–Crippen MR) is 85.9 cm³/mol. The van der Waals surface area contributed by atoms with Crippen LogP contribution in [0.2, 0.25) is 0 Å². The molecule has 0 unspecified atom stereocenters. The van der Waals surface area contributed by atoms with Crippen LogP contribution in [-0.4, -0.2) is 0 Å². The second kappa shape index (κ2) is 4.11. The monoisotopic (exact) mass is 259 g/mol. The van der Waals surface area contributed by atoms with Crippen molar-refractivity contribution in [1.29, 1.82) is 0 Å².